The van der Waals surface area contributed by atoms with Crippen LogP contribution in [0.4, 0.5) is 10.6 Å². The summed E-state index contributed by atoms with van der Waals surface area (Å²) in [4.78, 5) is 32.0. The van der Waals surface area contributed by atoms with Crippen molar-refractivity contribution in [1.82, 2.24) is 14.8 Å². The summed E-state index contributed by atoms with van der Waals surface area (Å²) in [6.45, 7) is 2.93. The normalized spacial score (nSPS) is 19.5. The predicted molar refractivity (Wildman–Crippen MR) is 108 cm³/mol. The molecule has 3 heterocycles. The molecule has 2 aromatic rings. The first-order valence-electron chi connectivity index (χ1n) is 9.37. The van der Waals surface area contributed by atoms with Crippen molar-refractivity contribution in [3.63, 3.8) is 0 Å². The van der Waals surface area contributed by atoms with E-state index in [1.54, 1.807) is 4.90 Å². The Labute approximate surface area is 173 Å². The lowest BCUT2D eigenvalue weighted by atomic mass is 10.1. The van der Waals surface area contributed by atoms with Crippen molar-refractivity contribution in [2.75, 3.05) is 31.6 Å². The first kappa shape index (κ1) is 19.3. The van der Waals surface area contributed by atoms with E-state index in [1.807, 2.05) is 37.3 Å². The van der Waals surface area contributed by atoms with Gasteiger partial charge in [0.25, 0.3) is 5.91 Å². The van der Waals surface area contributed by atoms with E-state index in [0.29, 0.717) is 23.7 Å². The summed E-state index contributed by atoms with van der Waals surface area (Å²) in [6, 6.07) is 10.9. The van der Waals surface area contributed by atoms with Crippen LogP contribution in [0, 0.1) is 0 Å². The highest BCUT2D eigenvalue weighted by atomic mass is 35.5. The van der Waals surface area contributed by atoms with Crippen molar-refractivity contribution in [1.29, 1.82) is 0 Å². The molecule has 152 valence electrons. The smallest absolute Gasteiger partial charge is 0.407 e. The monoisotopic (exact) mass is 416 g/mol. The molecule has 2 aliphatic heterocycles. The molecule has 0 aliphatic carbocycles. The molecule has 2 amide bonds. The average molecular weight is 417 g/mol. The van der Waals surface area contributed by atoms with Crippen molar-refractivity contribution in [2.24, 2.45) is 0 Å². The van der Waals surface area contributed by atoms with E-state index in [4.69, 9.17) is 16.3 Å². The van der Waals surface area contributed by atoms with Crippen molar-refractivity contribution < 1.29 is 19.4 Å². The van der Waals surface area contributed by atoms with Gasteiger partial charge >= 0.3 is 6.09 Å². The zero-order valence-corrected chi connectivity index (χ0v) is 16.6. The maximum Gasteiger partial charge on any atom is 0.407 e. The van der Waals surface area contributed by atoms with Crippen molar-refractivity contribution in [3.05, 3.63) is 52.7 Å². The lowest BCUT2D eigenvalue weighted by Gasteiger charge is -2.38. The second kappa shape index (κ2) is 7.79. The van der Waals surface area contributed by atoms with Gasteiger partial charge in [0.15, 0.2) is 0 Å². The Morgan fingerprint density at radius 2 is 2.10 bits per heavy atom. The molecule has 2 N–H and O–H groups in total. The average Bonchev–Trinajstić information content (AvgIpc) is 2.85. The Balaban J connectivity index is 1.66. The third kappa shape index (κ3) is 3.80. The number of anilines is 1. The molecule has 1 aromatic heterocycles. The summed E-state index contributed by atoms with van der Waals surface area (Å²) in [5.41, 5.74) is 1.36. The lowest BCUT2D eigenvalue weighted by Crippen LogP contribution is -2.57. The standard InChI is InChI=1S/C20H21ClN4O4/c1-12(13-5-3-2-4-6-13)22-18-17-15(9-16(21)23-18)29-11-14-10-24(20(27)28)7-8-25(14)19(17)26/h2-6,9,12,14H,7-8,10-11H2,1H3,(H,22,23)(H,27,28)/t12-,14+/m0/s1. The number of pyridine rings is 1. The molecule has 0 unspecified atom stereocenters. The summed E-state index contributed by atoms with van der Waals surface area (Å²) < 4.78 is 5.88. The number of nitrogens with one attached hydrogen (secondary N) is 1. The number of carbonyl (C=O) groups is 2. The first-order valence-corrected chi connectivity index (χ1v) is 9.75. The number of piperazine rings is 1. The Hall–Kier alpha value is -3.00. The Morgan fingerprint density at radius 1 is 1.34 bits per heavy atom. The third-order valence-corrected chi connectivity index (χ3v) is 5.46. The molecule has 1 saturated heterocycles. The number of amides is 2. The van der Waals surface area contributed by atoms with Crippen molar-refractivity contribution in [3.8, 4) is 5.75 Å². The van der Waals surface area contributed by atoms with E-state index in [2.05, 4.69) is 10.3 Å². The van der Waals surface area contributed by atoms with Gasteiger partial charge in [-0.15, -0.1) is 0 Å². The van der Waals surface area contributed by atoms with Gasteiger partial charge in [0.1, 0.15) is 28.9 Å². The van der Waals surface area contributed by atoms with Crippen LogP contribution in [-0.4, -0.2) is 64.2 Å². The van der Waals surface area contributed by atoms with Crippen molar-refractivity contribution in [2.45, 2.75) is 19.0 Å². The highest BCUT2D eigenvalue weighted by molar-refractivity contribution is 6.30. The molecule has 1 fully saturated rings. The Kier molecular flexibility index (Phi) is 5.19. The van der Waals surface area contributed by atoms with E-state index < -0.39 is 6.09 Å². The summed E-state index contributed by atoms with van der Waals surface area (Å²) in [6.07, 6.45) is -0.998. The molecule has 2 atom stereocenters. The molecule has 2 aliphatic rings. The zero-order chi connectivity index (χ0) is 20.5. The summed E-state index contributed by atoms with van der Waals surface area (Å²) in [5, 5.41) is 12.8. The number of ether oxygens (including phenoxy) is 1. The van der Waals surface area contributed by atoms with Crippen LogP contribution in [-0.2, 0) is 0 Å². The van der Waals surface area contributed by atoms with Gasteiger partial charge in [0, 0.05) is 31.7 Å². The maximum absolute atomic E-state index is 13.4. The maximum atomic E-state index is 13.4. The van der Waals surface area contributed by atoms with Gasteiger partial charge in [-0.2, -0.15) is 0 Å². The molecule has 0 saturated carbocycles. The van der Waals surface area contributed by atoms with Gasteiger partial charge in [0.05, 0.1) is 6.04 Å². The van der Waals surface area contributed by atoms with E-state index >= 15 is 0 Å². The molecule has 29 heavy (non-hydrogen) atoms. The number of benzene rings is 1. The van der Waals surface area contributed by atoms with Gasteiger partial charge in [-0.1, -0.05) is 41.9 Å². The highest BCUT2D eigenvalue weighted by Gasteiger charge is 2.38. The fourth-order valence-corrected chi connectivity index (χ4v) is 3.90. The fourth-order valence-electron chi connectivity index (χ4n) is 3.72. The molecule has 9 heteroatoms. The second-order valence-electron chi connectivity index (χ2n) is 7.14. The van der Waals surface area contributed by atoms with E-state index in [9.17, 15) is 14.7 Å². The highest BCUT2D eigenvalue weighted by Crippen LogP contribution is 2.35. The molecule has 0 radical (unpaired) electrons. The van der Waals surface area contributed by atoms with E-state index in [1.165, 1.54) is 11.0 Å². The predicted octanol–water partition coefficient (Wildman–Crippen LogP) is 3.10. The van der Waals surface area contributed by atoms with Gasteiger partial charge in [-0.25, -0.2) is 9.78 Å². The minimum absolute atomic E-state index is 0.109. The molecule has 0 spiro atoms. The van der Waals surface area contributed by atoms with E-state index in [-0.39, 0.29) is 42.8 Å². The lowest BCUT2D eigenvalue weighted by molar-refractivity contribution is 0.0390. The van der Waals surface area contributed by atoms with Crippen molar-refractivity contribution >= 4 is 29.4 Å². The van der Waals surface area contributed by atoms with Crippen LogP contribution in [0.2, 0.25) is 5.15 Å². The molecule has 0 bridgehead atoms. The minimum atomic E-state index is -0.998. The topological polar surface area (TPSA) is 95.0 Å². The summed E-state index contributed by atoms with van der Waals surface area (Å²) >= 11 is 6.19. The van der Waals surface area contributed by atoms with Crippen LogP contribution in [0.1, 0.15) is 28.9 Å². The summed E-state index contributed by atoms with van der Waals surface area (Å²) in [7, 11) is 0. The van der Waals surface area contributed by atoms with Crippen LogP contribution >= 0.6 is 11.6 Å². The van der Waals surface area contributed by atoms with Crippen LogP contribution < -0.4 is 10.1 Å². The van der Waals surface area contributed by atoms with Gasteiger partial charge in [0.2, 0.25) is 0 Å². The Morgan fingerprint density at radius 3 is 2.83 bits per heavy atom. The largest absolute Gasteiger partial charge is 0.490 e. The number of halogens is 1. The molecular formula is C20H21ClN4O4. The number of hydrogen-bond donors (Lipinski definition) is 2. The fraction of sp³-hybridized carbons (Fsp3) is 0.350. The summed E-state index contributed by atoms with van der Waals surface area (Å²) in [5.74, 6) is 0.476. The second-order valence-corrected chi connectivity index (χ2v) is 7.52. The molecule has 1 aromatic carbocycles. The zero-order valence-electron chi connectivity index (χ0n) is 15.8. The van der Waals surface area contributed by atoms with Gasteiger partial charge in [-0.05, 0) is 12.5 Å². The van der Waals surface area contributed by atoms with Crippen LogP contribution in [0.25, 0.3) is 0 Å². The third-order valence-electron chi connectivity index (χ3n) is 5.26. The first-order chi connectivity index (χ1) is 13.9. The number of carboxylic acid groups (broad SMARTS) is 1. The number of nitrogens with zero attached hydrogens (tertiary/aromatic N) is 3. The number of carbonyl (C=O) groups excluding carboxylic acids is 1. The minimum Gasteiger partial charge on any atom is -0.490 e. The van der Waals surface area contributed by atoms with Crippen LogP contribution in [0.15, 0.2) is 36.4 Å². The Bertz CT molecular complexity index is 940. The number of rotatable bonds is 3. The molecular weight excluding hydrogens is 396 g/mol. The number of aromatic nitrogens is 1. The van der Waals surface area contributed by atoms with E-state index in [0.717, 1.165) is 5.56 Å². The number of fused-ring (bicyclic) bond motifs is 2. The van der Waals surface area contributed by atoms with Gasteiger partial charge in [-0.3, -0.25) is 4.79 Å². The van der Waals surface area contributed by atoms with Gasteiger partial charge < -0.3 is 25.0 Å². The molecule has 4 rings (SSSR count). The van der Waals surface area contributed by atoms with Crippen LogP contribution in [0.3, 0.4) is 0 Å². The SMILES string of the molecule is C[C@H](Nc1nc(Cl)cc2c1C(=O)N1CCN(C(=O)O)C[C@@H]1CO2)c1ccccc1. The molecule has 8 nitrogen and oxygen atoms in total. The van der Waals surface area contributed by atoms with Crippen LogP contribution in [0.5, 0.6) is 5.75 Å². The quantitative estimate of drug-likeness (QED) is 0.746. The number of hydrogen-bond acceptors (Lipinski definition) is 5.